The van der Waals surface area contributed by atoms with Crippen molar-refractivity contribution in [2.24, 2.45) is 0 Å². The molecule has 0 amide bonds. The van der Waals surface area contributed by atoms with Crippen molar-refractivity contribution in [1.29, 1.82) is 0 Å². The average Bonchev–Trinajstić information content (AvgIpc) is 2.75. The zero-order valence-corrected chi connectivity index (χ0v) is 16.6. The molecule has 0 aliphatic heterocycles. The predicted octanol–water partition coefficient (Wildman–Crippen LogP) is -0.842. The molecule has 0 radical (unpaired) electrons. The molecule has 0 unspecified atom stereocenters. The maximum absolute atomic E-state index is 12.5. The van der Waals surface area contributed by atoms with Gasteiger partial charge in [0.25, 0.3) is 0 Å². The molecule has 9 N–H and O–H groups in total. The predicted molar refractivity (Wildman–Crippen MR) is 104 cm³/mol. The lowest BCUT2D eigenvalue weighted by Crippen LogP contribution is -2.58. The van der Waals surface area contributed by atoms with Gasteiger partial charge in [-0.15, -0.1) is 0 Å². The molecule has 1 saturated carbocycles. The van der Waals surface area contributed by atoms with Crippen LogP contribution in [0.1, 0.15) is 27.1 Å². The maximum Gasteiger partial charge on any atom is 0.338 e. The number of hydrogen-bond donors (Lipinski definition) is 9. The van der Waals surface area contributed by atoms with Crippen molar-refractivity contribution in [3.63, 3.8) is 0 Å². The van der Waals surface area contributed by atoms with E-state index < -0.39 is 94.5 Å². The van der Waals surface area contributed by atoms with Gasteiger partial charge in [-0.25, -0.2) is 9.59 Å². The Balaban J connectivity index is 1.86. The number of esters is 2. The van der Waals surface area contributed by atoms with Gasteiger partial charge < -0.3 is 55.4 Å². The molecule has 0 heterocycles. The number of phenols is 6. The van der Waals surface area contributed by atoms with Gasteiger partial charge in [0.1, 0.15) is 18.3 Å². The Morgan fingerprint density at radius 2 is 1.06 bits per heavy atom. The third-order valence-electron chi connectivity index (χ3n) is 5.03. The fourth-order valence-electron chi connectivity index (χ4n) is 3.26. The quantitative estimate of drug-likeness (QED) is 0.197. The van der Waals surface area contributed by atoms with Crippen LogP contribution in [0.5, 0.6) is 34.5 Å². The van der Waals surface area contributed by atoms with E-state index in [0.717, 1.165) is 24.3 Å². The Morgan fingerprint density at radius 3 is 1.48 bits per heavy atom. The van der Waals surface area contributed by atoms with E-state index in [4.69, 9.17) is 9.47 Å². The van der Waals surface area contributed by atoms with Crippen molar-refractivity contribution in [3.05, 3.63) is 35.4 Å². The number of phenolic OH excluding ortho intramolecular Hbond substituents is 6. The lowest BCUT2D eigenvalue weighted by molar-refractivity contribution is -0.178. The molecule has 0 saturated heterocycles. The van der Waals surface area contributed by atoms with Crippen molar-refractivity contribution in [2.45, 2.75) is 36.9 Å². The summed E-state index contributed by atoms with van der Waals surface area (Å²) in [5.74, 6) is -7.61. The maximum atomic E-state index is 12.5. The van der Waals surface area contributed by atoms with Gasteiger partial charge in [-0.3, -0.25) is 0 Å². The number of hydrogen-bond acceptors (Lipinski definition) is 13. The van der Waals surface area contributed by atoms with Gasteiger partial charge in [-0.1, -0.05) is 0 Å². The number of aliphatic hydroxyl groups is 3. The van der Waals surface area contributed by atoms with E-state index in [1.54, 1.807) is 0 Å². The van der Waals surface area contributed by atoms with Gasteiger partial charge in [0.15, 0.2) is 40.6 Å². The Labute approximate surface area is 184 Å². The van der Waals surface area contributed by atoms with Crippen LogP contribution in [0, 0.1) is 0 Å². The summed E-state index contributed by atoms with van der Waals surface area (Å²) in [4.78, 5) is 24.9. The van der Waals surface area contributed by atoms with E-state index >= 15 is 0 Å². The Kier molecular flexibility index (Phi) is 6.39. The normalized spacial score (nSPS) is 24.8. The van der Waals surface area contributed by atoms with Crippen molar-refractivity contribution < 1.29 is 65.0 Å². The highest BCUT2D eigenvalue weighted by Crippen LogP contribution is 2.37. The second-order valence-corrected chi connectivity index (χ2v) is 7.32. The molecule has 2 aromatic carbocycles. The third-order valence-corrected chi connectivity index (χ3v) is 5.03. The van der Waals surface area contributed by atoms with Gasteiger partial charge in [0.2, 0.25) is 0 Å². The SMILES string of the molecule is O=C(O[C@@H]1[C@@H](O)[C@H](O)[C@@H](O)C[C@H]1OC(=O)c1cc(O)c(O)c(O)c1)c1cc(O)c(O)c(O)c1. The number of ether oxygens (including phenoxy) is 2. The smallest absolute Gasteiger partial charge is 0.338 e. The first-order valence-electron chi connectivity index (χ1n) is 9.36. The summed E-state index contributed by atoms with van der Waals surface area (Å²) in [6.45, 7) is 0. The zero-order chi connectivity index (χ0) is 24.6. The molecule has 1 aliphatic rings. The molecule has 13 heteroatoms. The van der Waals surface area contributed by atoms with Gasteiger partial charge in [-0.2, -0.15) is 0 Å². The van der Waals surface area contributed by atoms with E-state index in [0.29, 0.717) is 0 Å². The Morgan fingerprint density at radius 1 is 0.667 bits per heavy atom. The summed E-state index contributed by atoms with van der Waals surface area (Å²) in [5.41, 5.74) is -0.898. The molecule has 3 rings (SSSR count). The number of aliphatic hydroxyl groups excluding tert-OH is 3. The first-order chi connectivity index (χ1) is 15.4. The fraction of sp³-hybridized carbons (Fsp3) is 0.300. The summed E-state index contributed by atoms with van der Waals surface area (Å²) in [6.07, 6.45) is -9.08. The largest absolute Gasteiger partial charge is 0.504 e. The molecule has 0 aromatic heterocycles. The summed E-state index contributed by atoms with van der Waals surface area (Å²) in [6, 6.07) is 3.04. The van der Waals surface area contributed by atoms with Crippen LogP contribution < -0.4 is 0 Å². The van der Waals surface area contributed by atoms with Gasteiger partial charge in [0.05, 0.1) is 17.2 Å². The average molecular weight is 468 g/mol. The molecule has 0 bridgehead atoms. The van der Waals surface area contributed by atoms with Crippen molar-refractivity contribution in [1.82, 2.24) is 0 Å². The minimum atomic E-state index is -1.93. The molecular weight excluding hydrogens is 448 g/mol. The van der Waals surface area contributed by atoms with Gasteiger partial charge in [0, 0.05) is 6.42 Å². The molecule has 2 aromatic rings. The van der Waals surface area contributed by atoms with Gasteiger partial charge >= 0.3 is 11.9 Å². The third kappa shape index (κ3) is 4.64. The van der Waals surface area contributed by atoms with E-state index in [-0.39, 0.29) is 0 Å². The minimum Gasteiger partial charge on any atom is -0.504 e. The molecule has 5 atom stereocenters. The molecule has 178 valence electrons. The van der Waals surface area contributed by atoms with Crippen LogP contribution in [0.25, 0.3) is 0 Å². The minimum absolute atomic E-state index is 0.434. The first-order valence-corrected chi connectivity index (χ1v) is 9.36. The van der Waals surface area contributed by atoms with E-state index in [9.17, 15) is 55.5 Å². The van der Waals surface area contributed by atoms with E-state index in [1.165, 1.54) is 0 Å². The highest BCUT2D eigenvalue weighted by atomic mass is 16.6. The lowest BCUT2D eigenvalue weighted by atomic mass is 9.87. The van der Waals surface area contributed by atoms with Crippen molar-refractivity contribution in [2.75, 3.05) is 0 Å². The van der Waals surface area contributed by atoms with Crippen LogP contribution in [-0.4, -0.2) is 88.4 Å². The standard InChI is InChI=1S/C20H20O13/c21-8-1-6(2-9(22)14(8)26)19(30)32-13-5-12(25)16(28)17(29)18(13)33-20(31)7-3-10(23)15(27)11(24)4-7/h1-4,12-13,16-18,21-29H,5H2/t12-,13+,16+,17-,18-/m0/s1. The lowest BCUT2D eigenvalue weighted by Gasteiger charge is -2.39. The second kappa shape index (κ2) is 8.90. The first kappa shape index (κ1) is 23.7. The summed E-state index contributed by atoms with van der Waals surface area (Å²) < 4.78 is 10.2. The second-order valence-electron chi connectivity index (χ2n) is 7.32. The Hall–Kier alpha value is -3.94. The monoisotopic (exact) mass is 468 g/mol. The van der Waals surface area contributed by atoms with Crippen molar-refractivity contribution in [3.8, 4) is 34.5 Å². The number of carbonyl (C=O) groups is 2. The molecule has 13 nitrogen and oxygen atoms in total. The highest BCUT2D eigenvalue weighted by molar-refractivity contribution is 5.92. The number of rotatable bonds is 4. The van der Waals surface area contributed by atoms with E-state index in [2.05, 4.69) is 0 Å². The van der Waals surface area contributed by atoms with Crippen LogP contribution in [0.4, 0.5) is 0 Å². The number of benzene rings is 2. The molecule has 1 fully saturated rings. The summed E-state index contributed by atoms with van der Waals surface area (Å²) in [7, 11) is 0. The number of carbonyl (C=O) groups excluding carboxylic acids is 2. The van der Waals surface area contributed by atoms with Crippen LogP contribution >= 0.6 is 0 Å². The molecule has 33 heavy (non-hydrogen) atoms. The Bertz CT molecular complexity index is 1040. The summed E-state index contributed by atoms with van der Waals surface area (Å²) >= 11 is 0. The van der Waals surface area contributed by atoms with Crippen LogP contribution in [0.2, 0.25) is 0 Å². The van der Waals surface area contributed by atoms with Crippen molar-refractivity contribution >= 4 is 11.9 Å². The van der Waals surface area contributed by atoms with Crippen LogP contribution in [-0.2, 0) is 9.47 Å². The van der Waals surface area contributed by atoms with Crippen LogP contribution in [0.15, 0.2) is 24.3 Å². The van der Waals surface area contributed by atoms with E-state index in [1.807, 2.05) is 0 Å². The molecule has 0 spiro atoms. The molecular formula is C20H20O13. The van der Waals surface area contributed by atoms with Gasteiger partial charge in [-0.05, 0) is 24.3 Å². The zero-order valence-electron chi connectivity index (χ0n) is 16.6. The summed E-state index contributed by atoms with van der Waals surface area (Å²) in [5, 5.41) is 87.2. The molecule has 1 aliphatic carbocycles. The van der Waals surface area contributed by atoms with Crippen LogP contribution in [0.3, 0.4) is 0 Å². The number of aromatic hydroxyl groups is 6. The highest BCUT2D eigenvalue weighted by Gasteiger charge is 2.47. The topological polar surface area (TPSA) is 235 Å². The fourth-order valence-corrected chi connectivity index (χ4v) is 3.26.